The minimum atomic E-state index is -0.0202. The second-order valence-electron chi connectivity index (χ2n) is 6.35. The molecule has 1 N–H and O–H groups in total. The van der Waals surface area contributed by atoms with E-state index < -0.39 is 0 Å². The van der Waals surface area contributed by atoms with Crippen LogP contribution in [-0.2, 0) is 17.7 Å². The number of nitrogens with one attached hydrogen (secondary N) is 1. The lowest BCUT2D eigenvalue weighted by Gasteiger charge is -2.31. The van der Waals surface area contributed by atoms with Gasteiger partial charge in [-0.3, -0.25) is 0 Å². The number of hydrogen-bond acceptors (Lipinski definition) is 6. The predicted octanol–water partition coefficient (Wildman–Crippen LogP) is 2.15. The van der Waals surface area contributed by atoms with Gasteiger partial charge in [0.15, 0.2) is 0 Å². The van der Waals surface area contributed by atoms with Crippen LogP contribution in [0.3, 0.4) is 0 Å². The molecule has 0 bridgehead atoms. The molecule has 0 radical (unpaired) electrons. The molecule has 1 aromatic heterocycles. The Labute approximate surface area is 158 Å². The SMILES string of the molecule is COCCN(C)C(=O)N1CCc2nc(Nc3cccc(C#N)c3)ncc2C1. The first-order valence-corrected chi connectivity index (χ1v) is 8.71. The maximum absolute atomic E-state index is 12.5. The number of methoxy groups -OCH3 is 1. The number of nitriles is 1. The van der Waals surface area contributed by atoms with Crippen molar-refractivity contribution in [2.75, 3.05) is 39.2 Å². The number of carbonyl (C=O) groups excluding carboxylic acids is 1. The molecule has 2 amide bonds. The van der Waals surface area contributed by atoms with Crippen LogP contribution in [-0.4, -0.2) is 59.7 Å². The second kappa shape index (κ2) is 8.47. The van der Waals surface area contributed by atoms with Gasteiger partial charge in [0.25, 0.3) is 0 Å². The van der Waals surface area contributed by atoms with Crippen molar-refractivity contribution in [2.45, 2.75) is 13.0 Å². The summed E-state index contributed by atoms with van der Waals surface area (Å²) in [6.45, 7) is 2.18. The number of rotatable bonds is 5. The number of urea groups is 1. The van der Waals surface area contributed by atoms with Crippen LogP contribution < -0.4 is 5.32 Å². The molecule has 0 spiro atoms. The fraction of sp³-hybridized carbons (Fsp3) is 0.368. The van der Waals surface area contributed by atoms with Gasteiger partial charge in [-0.2, -0.15) is 5.26 Å². The van der Waals surface area contributed by atoms with Crippen LogP contribution in [0.1, 0.15) is 16.8 Å². The molecule has 140 valence electrons. The van der Waals surface area contributed by atoms with Gasteiger partial charge in [-0.1, -0.05) is 6.07 Å². The number of hydrogen-bond donors (Lipinski definition) is 1. The third-order valence-corrected chi connectivity index (χ3v) is 4.41. The summed E-state index contributed by atoms with van der Waals surface area (Å²) in [6, 6.07) is 9.25. The van der Waals surface area contributed by atoms with Gasteiger partial charge in [0, 0.05) is 51.1 Å². The monoisotopic (exact) mass is 366 g/mol. The number of aromatic nitrogens is 2. The molecule has 0 unspecified atom stereocenters. The fourth-order valence-corrected chi connectivity index (χ4v) is 2.90. The molecule has 0 atom stereocenters. The molecule has 8 nitrogen and oxygen atoms in total. The van der Waals surface area contributed by atoms with E-state index in [1.54, 1.807) is 42.3 Å². The summed E-state index contributed by atoms with van der Waals surface area (Å²) in [5.41, 5.74) is 3.23. The largest absolute Gasteiger partial charge is 0.383 e. The Morgan fingerprint density at radius 2 is 2.33 bits per heavy atom. The number of anilines is 2. The van der Waals surface area contributed by atoms with Crippen LogP contribution in [0.2, 0.25) is 0 Å². The van der Waals surface area contributed by atoms with Gasteiger partial charge in [0.1, 0.15) is 0 Å². The van der Waals surface area contributed by atoms with E-state index in [0.29, 0.717) is 44.2 Å². The van der Waals surface area contributed by atoms with Crippen molar-refractivity contribution in [3.8, 4) is 6.07 Å². The second-order valence-corrected chi connectivity index (χ2v) is 6.35. The minimum Gasteiger partial charge on any atom is -0.383 e. The molecule has 0 saturated heterocycles. The number of likely N-dealkylation sites (N-methyl/N-ethyl adjacent to an activating group) is 1. The molecule has 0 aliphatic carbocycles. The summed E-state index contributed by atoms with van der Waals surface area (Å²) >= 11 is 0. The van der Waals surface area contributed by atoms with Crippen LogP contribution in [0.15, 0.2) is 30.5 Å². The molecular formula is C19H22N6O2. The number of carbonyl (C=O) groups is 1. The summed E-state index contributed by atoms with van der Waals surface area (Å²) in [6.07, 6.45) is 2.43. The highest BCUT2D eigenvalue weighted by molar-refractivity contribution is 5.74. The molecule has 1 aliphatic rings. The number of benzene rings is 1. The lowest BCUT2D eigenvalue weighted by atomic mass is 10.1. The fourth-order valence-electron chi connectivity index (χ4n) is 2.90. The molecule has 3 rings (SSSR count). The number of ether oxygens (including phenoxy) is 1. The van der Waals surface area contributed by atoms with Crippen LogP contribution in [0, 0.1) is 11.3 Å². The maximum atomic E-state index is 12.5. The smallest absolute Gasteiger partial charge is 0.320 e. The summed E-state index contributed by atoms with van der Waals surface area (Å²) < 4.78 is 5.03. The van der Waals surface area contributed by atoms with E-state index in [4.69, 9.17) is 10.00 Å². The highest BCUT2D eigenvalue weighted by Gasteiger charge is 2.24. The van der Waals surface area contributed by atoms with Gasteiger partial charge >= 0.3 is 6.03 Å². The van der Waals surface area contributed by atoms with Crippen LogP contribution in [0.5, 0.6) is 0 Å². The van der Waals surface area contributed by atoms with Gasteiger partial charge in [-0.05, 0) is 18.2 Å². The lowest BCUT2D eigenvalue weighted by Crippen LogP contribution is -2.44. The topological polar surface area (TPSA) is 94.4 Å². The predicted molar refractivity (Wildman–Crippen MR) is 100 cm³/mol. The van der Waals surface area contributed by atoms with E-state index >= 15 is 0 Å². The molecule has 0 saturated carbocycles. The lowest BCUT2D eigenvalue weighted by molar-refractivity contribution is 0.132. The van der Waals surface area contributed by atoms with Crippen LogP contribution in [0.4, 0.5) is 16.4 Å². The van der Waals surface area contributed by atoms with Crippen molar-refractivity contribution < 1.29 is 9.53 Å². The van der Waals surface area contributed by atoms with Crippen molar-refractivity contribution in [1.29, 1.82) is 5.26 Å². The number of nitrogens with zero attached hydrogens (tertiary/aromatic N) is 5. The van der Waals surface area contributed by atoms with Crippen LogP contribution in [0.25, 0.3) is 0 Å². The Morgan fingerprint density at radius 1 is 1.48 bits per heavy atom. The van der Waals surface area contributed by atoms with Gasteiger partial charge < -0.3 is 19.9 Å². The Hall–Kier alpha value is -3.18. The Kier molecular flexibility index (Phi) is 5.84. The Bertz CT molecular complexity index is 864. The summed E-state index contributed by atoms with van der Waals surface area (Å²) in [5.74, 6) is 0.487. The quantitative estimate of drug-likeness (QED) is 0.871. The van der Waals surface area contributed by atoms with E-state index in [9.17, 15) is 4.79 Å². The third-order valence-electron chi connectivity index (χ3n) is 4.41. The standard InChI is InChI=1S/C19H22N6O2/c1-24(8-9-27-2)19(26)25-7-6-17-15(13-25)12-21-18(23-17)22-16-5-3-4-14(10-16)11-20/h3-5,10,12H,6-9,13H2,1-2H3,(H,21,22,23). The Morgan fingerprint density at radius 3 is 3.11 bits per heavy atom. The molecule has 0 fully saturated rings. The molecule has 2 heterocycles. The van der Waals surface area contributed by atoms with E-state index in [2.05, 4.69) is 21.4 Å². The zero-order chi connectivity index (χ0) is 19.2. The van der Waals surface area contributed by atoms with E-state index in [1.807, 2.05) is 12.1 Å². The van der Waals surface area contributed by atoms with Gasteiger partial charge in [0.05, 0.1) is 30.5 Å². The van der Waals surface area contributed by atoms with E-state index in [0.717, 1.165) is 16.9 Å². The highest BCUT2D eigenvalue weighted by Crippen LogP contribution is 2.21. The van der Waals surface area contributed by atoms with Crippen molar-refractivity contribution in [3.05, 3.63) is 47.3 Å². The minimum absolute atomic E-state index is 0.0202. The van der Waals surface area contributed by atoms with Crippen molar-refractivity contribution >= 4 is 17.7 Å². The molecule has 27 heavy (non-hydrogen) atoms. The average Bonchev–Trinajstić information content (AvgIpc) is 2.71. The van der Waals surface area contributed by atoms with Crippen molar-refractivity contribution in [1.82, 2.24) is 19.8 Å². The third kappa shape index (κ3) is 4.51. The highest BCUT2D eigenvalue weighted by atomic mass is 16.5. The summed E-state index contributed by atoms with van der Waals surface area (Å²) in [7, 11) is 3.39. The molecular weight excluding hydrogens is 344 g/mol. The number of fused-ring (bicyclic) bond motifs is 1. The summed E-state index contributed by atoms with van der Waals surface area (Å²) in [5, 5.41) is 12.1. The molecule has 1 aromatic carbocycles. The molecule has 1 aliphatic heterocycles. The molecule has 8 heteroatoms. The van der Waals surface area contributed by atoms with E-state index in [-0.39, 0.29) is 6.03 Å². The summed E-state index contributed by atoms with van der Waals surface area (Å²) in [4.78, 5) is 24.9. The average molecular weight is 366 g/mol. The van der Waals surface area contributed by atoms with Gasteiger partial charge in [-0.25, -0.2) is 14.8 Å². The van der Waals surface area contributed by atoms with E-state index in [1.165, 1.54) is 0 Å². The molecule has 2 aromatic rings. The first-order chi connectivity index (χ1) is 13.1. The van der Waals surface area contributed by atoms with Crippen LogP contribution >= 0.6 is 0 Å². The number of amides is 2. The zero-order valence-electron chi connectivity index (χ0n) is 15.5. The van der Waals surface area contributed by atoms with Crippen molar-refractivity contribution in [3.63, 3.8) is 0 Å². The Balaban J connectivity index is 1.67. The van der Waals surface area contributed by atoms with Crippen molar-refractivity contribution in [2.24, 2.45) is 0 Å². The first kappa shape index (κ1) is 18.6. The van der Waals surface area contributed by atoms with Gasteiger partial charge in [-0.15, -0.1) is 0 Å². The maximum Gasteiger partial charge on any atom is 0.320 e. The van der Waals surface area contributed by atoms with Gasteiger partial charge in [0.2, 0.25) is 5.95 Å². The first-order valence-electron chi connectivity index (χ1n) is 8.71. The normalized spacial score (nSPS) is 12.9. The zero-order valence-corrected chi connectivity index (χ0v) is 15.5.